The lowest BCUT2D eigenvalue weighted by Gasteiger charge is -2.20. The second-order valence-corrected chi connectivity index (χ2v) is 5.58. The molecule has 1 aromatic carbocycles. The fourth-order valence-corrected chi connectivity index (χ4v) is 2.70. The van der Waals surface area contributed by atoms with Crippen LogP contribution in [0.3, 0.4) is 0 Å². The molecular weight excluding hydrogens is 276 g/mol. The summed E-state index contributed by atoms with van der Waals surface area (Å²) < 4.78 is 7.24. The van der Waals surface area contributed by atoms with Gasteiger partial charge in [-0.3, -0.25) is 0 Å². The summed E-state index contributed by atoms with van der Waals surface area (Å²) >= 11 is 0. The number of hydrogen-bond acceptors (Lipinski definition) is 3. The van der Waals surface area contributed by atoms with Gasteiger partial charge in [0.05, 0.1) is 11.9 Å². The van der Waals surface area contributed by atoms with Gasteiger partial charge in [-0.1, -0.05) is 24.6 Å². The first kappa shape index (κ1) is 14.6. The molecule has 1 saturated carbocycles. The predicted molar refractivity (Wildman–Crippen MR) is 85.6 cm³/mol. The molecule has 1 fully saturated rings. The van der Waals surface area contributed by atoms with Gasteiger partial charge in [-0.15, -0.1) is 0 Å². The van der Waals surface area contributed by atoms with Crippen LogP contribution >= 0.6 is 0 Å². The summed E-state index contributed by atoms with van der Waals surface area (Å²) in [5.41, 5.74) is 1.87. The summed E-state index contributed by atoms with van der Waals surface area (Å²) in [6, 6.07) is 9.87. The minimum absolute atomic E-state index is 0.0953. The molecule has 2 aromatic rings. The van der Waals surface area contributed by atoms with E-state index in [0.29, 0.717) is 0 Å². The molecule has 114 valence electrons. The quantitative estimate of drug-likeness (QED) is 0.637. The molecular formula is C18H20N2O2. The van der Waals surface area contributed by atoms with Crippen LogP contribution in [0.25, 0.3) is 11.8 Å². The summed E-state index contributed by atoms with van der Waals surface area (Å²) in [5, 5.41) is 4.29. The minimum Gasteiger partial charge on any atom is -0.459 e. The van der Waals surface area contributed by atoms with Crippen LogP contribution in [-0.4, -0.2) is 21.9 Å². The number of benzene rings is 1. The van der Waals surface area contributed by atoms with E-state index in [2.05, 4.69) is 5.10 Å². The standard InChI is InChI=1S/C18H20N2O2/c21-18(22-17-9-5-2-6-10-17)12-11-15-13-19-20(14-15)16-7-3-1-4-8-16/h1,3-4,7-8,11-14,17H,2,5-6,9-10H2/b12-11+. The Bertz CT molecular complexity index is 640. The number of aromatic nitrogens is 2. The molecule has 0 N–H and O–H groups in total. The monoisotopic (exact) mass is 296 g/mol. The Balaban J connectivity index is 1.58. The average Bonchev–Trinajstić information content (AvgIpc) is 3.04. The normalized spacial score (nSPS) is 16.0. The molecule has 1 aromatic heterocycles. The molecule has 0 radical (unpaired) electrons. The molecule has 3 rings (SSSR count). The molecule has 0 saturated heterocycles. The van der Waals surface area contributed by atoms with Gasteiger partial charge in [-0.25, -0.2) is 9.48 Å². The Hall–Kier alpha value is -2.36. The van der Waals surface area contributed by atoms with E-state index >= 15 is 0 Å². The SMILES string of the molecule is O=C(/C=C/c1cnn(-c2ccccc2)c1)OC1CCCCC1. The van der Waals surface area contributed by atoms with Crippen molar-refractivity contribution in [1.82, 2.24) is 9.78 Å². The lowest BCUT2D eigenvalue weighted by Crippen LogP contribution is -2.19. The first-order valence-corrected chi connectivity index (χ1v) is 7.80. The van der Waals surface area contributed by atoms with Crippen LogP contribution in [0.2, 0.25) is 0 Å². The number of para-hydroxylation sites is 1. The zero-order chi connectivity index (χ0) is 15.2. The first-order chi connectivity index (χ1) is 10.8. The summed E-state index contributed by atoms with van der Waals surface area (Å²) in [4.78, 5) is 11.8. The van der Waals surface area contributed by atoms with Gasteiger partial charge < -0.3 is 4.74 Å². The number of carbonyl (C=O) groups excluding carboxylic acids is 1. The van der Waals surface area contributed by atoms with Crippen molar-refractivity contribution in [2.45, 2.75) is 38.2 Å². The molecule has 0 bridgehead atoms. The third-order valence-electron chi connectivity index (χ3n) is 3.87. The van der Waals surface area contributed by atoms with Gasteiger partial charge in [0.1, 0.15) is 6.10 Å². The molecule has 4 nitrogen and oxygen atoms in total. The molecule has 0 atom stereocenters. The van der Waals surface area contributed by atoms with Gasteiger partial charge in [0.15, 0.2) is 0 Å². The molecule has 0 unspecified atom stereocenters. The van der Waals surface area contributed by atoms with Crippen molar-refractivity contribution in [3.05, 3.63) is 54.4 Å². The summed E-state index contributed by atoms with van der Waals surface area (Å²) in [6.45, 7) is 0. The Morgan fingerprint density at radius 3 is 2.73 bits per heavy atom. The summed E-state index contributed by atoms with van der Waals surface area (Å²) in [7, 11) is 0. The highest BCUT2D eigenvalue weighted by Gasteiger charge is 2.16. The maximum Gasteiger partial charge on any atom is 0.331 e. The Labute approximate surface area is 130 Å². The molecule has 1 heterocycles. The van der Waals surface area contributed by atoms with Gasteiger partial charge >= 0.3 is 5.97 Å². The molecule has 1 aliphatic carbocycles. The zero-order valence-corrected chi connectivity index (χ0v) is 12.5. The Morgan fingerprint density at radius 1 is 1.18 bits per heavy atom. The van der Waals surface area contributed by atoms with E-state index < -0.39 is 0 Å². The zero-order valence-electron chi connectivity index (χ0n) is 12.5. The van der Waals surface area contributed by atoms with Crippen LogP contribution < -0.4 is 0 Å². The maximum atomic E-state index is 11.8. The summed E-state index contributed by atoms with van der Waals surface area (Å²) in [5.74, 6) is -0.264. The van der Waals surface area contributed by atoms with Crippen molar-refractivity contribution in [1.29, 1.82) is 0 Å². The third kappa shape index (κ3) is 3.85. The van der Waals surface area contributed by atoms with Crippen LogP contribution in [0, 0.1) is 0 Å². The molecule has 0 aliphatic heterocycles. The van der Waals surface area contributed by atoms with Crippen molar-refractivity contribution in [2.75, 3.05) is 0 Å². The molecule has 0 spiro atoms. The average molecular weight is 296 g/mol. The van der Waals surface area contributed by atoms with Gasteiger partial charge in [-0.2, -0.15) is 5.10 Å². The Morgan fingerprint density at radius 2 is 1.95 bits per heavy atom. The largest absolute Gasteiger partial charge is 0.459 e. The van der Waals surface area contributed by atoms with E-state index in [1.807, 2.05) is 36.5 Å². The van der Waals surface area contributed by atoms with Crippen LogP contribution in [0.15, 0.2) is 48.8 Å². The number of carbonyl (C=O) groups is 1. The smallest absolute Gasteiger partial charge is 0.331 e. The van der Waals surface area contributed by atoms with Crippen LogP contribution in [0.1, 0.15) is 37.7 Å². The highest BCUT2D eigenvalue weighted by atomic mass is 16.5. The molecule has 0 amide bonds. The number of ether oxygens (including phenoxy) is 1. The van der Waals surface area contributed by atoms with Crippen LogP contribution in [0.5, 0.6) is 0 Å². The predicted octanol–water partition coefficient (Wildman–Crippen LogP) is 3.76. The van der Waals surface area contributed by atoms with Gasteiger partial charge in [0.2, 0.25) is 0 Å². The van der Waals surface area contributed by atoms with E-state index in [0.717, 1.165) is 36.9 Å². The van der Waals surface area contributed by atoms with E-state index in [9.17, 15) is 4.79 Å². The van der Waals surface area contributed by atoms with E-state index in [1.165, 1.54) is 12.5 Å². The van der Waals surface area contributed by atoms with Crippen LogP contribution in [-0.2, 0) is 9.53 Å². The molecule has 22 heavy (non-hydrogen) atoms. The van der Waals surface area contributed by atoms with Gasteiger partial charge in [-0.05, 0) is 43.9 Å². The maximum absolute atomic E-state index is 11.8. The highest BCUT2D eigenvalue weighted by Crippen LogP contribution is 2.20. The number of rotatable bonds is 4. The van der Waals surface area contributed by atoms with Crippen molar-refractivity contribution in [3.8, 4) is 5.69 Å². The van der Waals surface area contributed by atoms with Crippen molar-refractivity contribution < 1.29 is 9.53 Å². The third-order valence-corrected chi connectivity index (χ3v) is 3.87. The van der Waals surface area contributed by atoms with E-state index in [-0.39, 0.29) is 12.1 Å². The highest BCUT2D eigenvalue weighted by molar-refractivity contribution is 5.87. The van der Waals surface area contributed by atoms with Crippen LogP contribution in [0.4, 0.5) is 0 Å². The van der Waals surface area contributed by atoms with Gasteiger partial charge in [0.25, 0.3) is 0 Å². The minimum atomic E-state index is -0.264. The Kier molecular flexibility index (Phi) is 4.68. The summed E-state index contributed by atoms with van der Waals surface area (Å²) in [6.07, 6.45) is 12.5. The van der Waals surface area contributed by atoms with Crippen molar-refractivity contribution in [2.24, 2.45) is 0 Å². The van der Waals surface area contributed by atoms with Crippen molar-refractivity contribution in [3.63, 3.8) is 0 Å². The van der Waals surface area contributed by atoms with Gasteiger partial charge in [0, 0.05) is 17.8 Å². The van der Waals surface area contributed by atoms with Crippen molar-refractivity contribution >= 4 is 12.0 Å². The van der Waals surface area contributed by atoms with E-state index in [1.54, 1.807) is 17.0 Å². The lowest BCUT2D eigenvalue weighted by molar-refractivity contribution is -0.144. The second kappa shape index (κ2) is 7.07. The molecule has 4 heteroatoms. The topological polar surface area (TPSA) is 44.1 Å². The second-order valence-electron chi connectivity index (χ2n) is 5.58. The first-order valence-electron chi connectivity index (χ1n) is 7.80. The molecule has 1 aliphatic rings. The number of nitrogens with zero attached hydrogens (tertiary/aromatic N) is 2. The fraction of sp³-hybridized carbons (Fsp3) is 0.333. The fourth-order valence-electron chi connectivity index (χ4n) is 2.70. The van der Waals surface area contributed by atoms with E-state index in [4.69, 9.17) is 4.74 Å². The number of hydrogen-bond donors (Lipinski definition) is 0. The number of esters is 1. The lowest BCUT2D eigenvalue weighted by atomic mass is 9.98.